The summed E-state index contributed by atoms with van der Waals surface area (Å²) >= 11 is 0. The van der Waals surface area contributed by atoms with Gasteiger partial charge in [-0.3, -0.25) is 4.79 Å². The number of nitrogens with one attached hydrogen (secondary N) is 1. The average Bonchev–Trinajstić information content (AvgIpc) is 3.10. The minimum atomic E-state index is -1.08. The maximum absolute atomic E-state index is 13.5. The van der Waals surface area contributed by atoms with Crippen molar-refractivity contribution in [2.45, 2.75) is 38.2 Å². The van der Waals surface area contributed by atoms with Gasteiger partial charge >= 0.3 is 0 Å². The van der Waals surface area contributed by atoms with Crippen LogP contribution in [-0.4, -0.2) is 30.9 Å². The summed E-state index contributed by atoms with van der Waals surface area (Å²) in [6.45, 7) is 5.99. The lowest BCUT2D eigenvalue weighted by atomic mass is 9.84. The summed E-state index contributed by atoms with van der Waals surface area (Å²) in [5, 5.41) is 7.05. The molecule has 148 valence electrons. The van der Waals surface area contributed by atoms with Crippen LogP contribution < -0.4 is 10.1 Å². The molecule has 0 saturated carbocycles. The normalized spacial score (nSPS) is 19.0. The lowest BCUT2D eigenvalue weighted by molar-refractivity contribution is -0.141. The Bertz CT molecular complexity index is 893. The topological polar surface area (TPSA) is 59.9 Å². The molecule has 0 aliphatic carbocycles. The Balaban J connectivity index is 1.63. The van der Waals surface area contributed by atoms with Crippen LogP contribution >= 0.6 is 0 Å². The van der Waals surface area contributed by atoms with E-state index in [1.807, 2.05) is 44.2 Å². The van der Waals surface area contributed by atoms with Gasteiger partial charge in [0.1, 0.15) is 11.6 Å². The van der Waals surface area contributed by atoms with Gasteiger partial charge in [0.05, 0.1) is 12.8 Å². The third-order valence-electron chi connectivity index (χ3n) is 5.06. The first-order valence-electron chi connectivity index (χ1n) is 9.17. The van der Waals surface area contributed by atoms with Crippen molar-refractivity contribution in [3.63, 3.8) is 0 Å². The van der Waals surface area contributed by atoms with Gasteiger partial charge in [-0.15, -0.1) is 0 Å². The lowest BCUT2D eigenvalue weighted by Crippen LogP contribution is -2.48. The van der Waals surface area contributed by atoms with Crippen molar-refractivity contribution in [2.75, 3.05) is 13.7 Å². The van der Waals surface area contributed by atoms with E-state index in [0.29, 0.717) is 18.7 Å². The number of rotatable bonds is 6. The quantitative estimate of drug-likeness (QED) is 0.824. The number of halogens is 1. The third kappa shape index (κ3) is 4.16. The summed E-state index contributed by atoms with van der Waals surface area (Å²) in [4.78, 5) is 18.3. The monoisotopic (exact) mass is 384 g/mol. The summed E-state index contributed by atoms with van der Waals surface area (Å²) in [6, 6.07) is 13.9. The maximum Gasteiger partial charge on any atom is 0.267 e. The summed E-state index contributed by atoms with van der Waals surface area (Å²) in [5.41, 5.74) is 0.919. The van der Waals surface area contributed by atoms with Crippen LogP contribution in [0.5, 0.6) is 5.75 Å². The first-order valence-corrected chi connectivity index (χ1v) is 9.17. The van der Waals surface area contributed by atoms with Crippen LogP contribution in [0.1, 0.15) is 38.3 Å². The number of hydrogen-bond donors (Lipinski definition) is 1. The number of nitrogens with zero attached hydrogens (tertiary/aromatic N) is 1. The van der Waals surface area contributed by atoms with Crippen molar-refractivity contribution < 1.29 is 18.8 Å². The molecule has 0 saturated heterocycles. The van der Waals surface area contributed by atoms with E-state index in [2.05, 4.69) is 10.5 Å². The largest absolute Gasteiger partial charge is 0.497 e. The van der Waals surface area contributed by atoms with Gasteiger partial charge in [0.25, 0.3) is 5.91 Å². The van der Waals surface area contributed by atoms with Crippen LogP contribution in [0.15, 0.2) is 53.7 Å². The molecule has 2 aromatic carbocycles. The Morgan fingerprint density at radius 1 is 1.29 bits per heavy atom. The number of benzene rings is 2. The zero-order chi connectivity index (χ0) is 20.4. The minimum absolute atomic E-state index is 0.246. The van der Waals surface area contributed by atoms with E-state index in [1.165, 1.54) is 12.1 Å². The first kappa shape index (κ1) is 19.9. The second kappa shape index (κ2) is 7.62. The first-order chi connectivity index (χ1) is 13.2. The molecule has 1 aliphatic rings. The molecule has 1 unspecified atom stereocenters. The van der Waals surface area contributed by atoms with Gasteiger partial charge in [-0.1, -0.05) is 31.1 Å². The molecular formula is C22H25FN2O3. The molecule has 0 radical (unpaired) electrons. The molecule has 0 spiro atoms. The highest BCUT2D eigenvalue weighted by Crippen LogP contribution is 2.28. The predicted octanol–water partition coefficient (Wildman–Crippen LogP) is 3.81. The fourth-order valence-electron chi connectivity index (χ4n) is 3.10. The molecule has 2 aromatic rings. The number of carbonyl (C=O) groups is 1. The van der Waals surface area contributed by atoms with E-state index in [1.54, 1.807) is 20.1 Å². The molecule has 0 fully saturated rings. The molecule has 1 amide bonds. The lowest BCUT2D eigenvalue weighted by Gasteiger charge is -2.28. The second-order valence-electron chi connectivity index (χ2n) is 7.84. The van der Waals surface area contributed by atoms with Crippen LogP contribution in [0.3, 0.4) is 0 Å². The third-order valence-corrected chi connectivity index (χ3v) is 5.06. The fraction of sp³-hybridized carbons (Fsp3) is 0.364. The van der Waals surface area contributed by atoms with E-state index in [-0.39, 0.29) is 11.7 Å². The molecule has 0 bridgehead atoms. The van der Waals surface area contributed by atoms with Gasteiger partial charge in [0.2, 0.25) is 5.60 Å². The van der Waals surface area contributed by atoms with Crippen molar-refractivity contribution in [1.82, 2.24) is 5.32 Å². The van der Waals surface area contributed by atoms with Gasteiger partial charge in [0, 0.05) is 18.4 Å². The molecule has 28 heavy (non-hydrogen) atoms. The Hall–Kier alpha value is -2.89. The van der Waals surface area contributed by atoms with E-state index in [4.69, 9.17) is 9.57 Å². The number of amides is 1. The molecule has 3 rings (SSSR count). The van der Waals surface area contributed by atoms with Crippen molar-refractivity contribution in [1.29, 1.82) is 0 Å². The van der Waals surface area contributed by atoms with Crippen molar-refractivity contribution in [2.24, 2.45) is 5.16 Å². The van der Waals surface area contributed by atoms with Gasteiger partial charge in [-0.05, 0) is 54.4 Å². The Labute approximate surface area is 164 Å². The molecule has 1 N–H and O–H groups in total. The summed E-state index contributed by atoms with van der Waals surface area (Å²) in [6.07, 6.45) is 0.367. The predicted molar refractivity (Wildman–Crippen MR) is 106 cm³/mol. The van der Waals surface area contributed by atoms with Gasteiger partial charge < -0.3 is 14.9 Å². The number of carbonyl (C=O) groups excluding carboxylic acids is 1. The average molecular weight is 384 g/mol. The van der Waals surface area contributed by atoms with Crippen LogP contribution in [0.25, 0.3) is 0 Å². The van der Waals surface area contributed by atoms with Gasteiger partial charge in [-0.25, -0.2) is 4.39 Å². The van der Waals surface area contributed by atoms with E-state index >= 15 is 0 Å². The SMILES string of the molecule is COc1ccc(C2=NOC(C)(C(=O)NCC(C)(C)c3cccc(F)c3)C2)cc1. The van der Waals surface area contributed by atoms with Crippen molar-refractivity contribution >= 4 is 11.6 Å². The second-order valence-corrected chi connectivity index (χ2v) is 7.84. The Morgan fingerprint density at radius 2 is 2.00 bits per heavy atom. The molecule has 1 heterocycles. The zero-order valence-corrected chi connectivity index (χ0v) is 16.6. The number of ether oxygens (including phenoxy) is 1. The van der Waals surface area contributed by atoms with E-state index in [9.17, 15) is 9.18 Å². The Kier molecular flexibility index (Phi) is 5.40. The summed E-state index contributed by atoms with van der Waals surface area (Å²) < 4.78 is 18.7. The molecule has 6 heteroatoms. The molecule has 0 aromatic heterocycles. The van der Waals surface area contributed by atoms with Crippen LogP contribution in [-0.2, 0) is 15.0 Å². The zero-order valence-electron chi connectivity index (χ0n) is 16.6. The summed E-state index contributed by atoms with van der Waals surface area (Å²) in [7, 11) is 1.61. The highest BCUT2D eigenvalue weighted by atomic mass is 19.1. The summed E-state index contributed by atoms with van der Waals surface area (Å²) in [5.74, 6) is 0.216. The van der Waals surface area contributed by atoms with Crippen LogP contribution in [0, 0.1) is 5.82 Å². The van der Waals surface area contributed by atoms with Gasteiger partial charge in [-0.2, -0.15) is 0 Å². The molecule has 5 nitrogen and oxygen atoms in total. The van der Waals surface area contributed by atoms with E-state index in [0.717, 1.165) is 16.9 Å². The van der Waals surface area contributed by atoms with Crippen LogP contribution in [0.2, 0.25) is 0 Å². The van der Waals surface area contributed by atoms with Crippen molar-refractivity contribution in [3.8, 4) is 5.75 Å². The van der Waals surface area contributed by atoms with Gasteiger partial charge in [0.15, 0.2) is 0 Å². The molecule has 1 aliphatic heterocycles. The molecular weight excluding hydrogens is 359 g/mol. The highest BCUT2D eigenvalue weighted by molar-refractivity contribution is 6.05. The van der Waals surface area contributed by atoms with Crippen LogP contribution in [0.4, 0.5) is 4.39 Å². The number of hydrogen-bond acceptors (Lipinski definition) is 4. The smallest absolute Gasteiger partial charge is 0.267 e. The number of methoxy groups -OCH3 is 1. The van der Waals surface area contributed by atoms with E-state index < -0.39 is 11.0 Å². The Morgan fingerprint density at radius 3 is 2.64 bits per heavy atom. The molecule has 1 atom stereocenters. The minimum Gasteiger partial charge on any atom is -0.497 e. The standard InChI is InChI=1S/C22H25FN2O3/c1-21(2,16-6-5-7-17(23)12-16)14-24-20(26)22(3)13-19(25-28-22)15-8-10-18(27-4)11-9-15/h5-12H,13-14H2,1-4H3,(H,24,26). The maximum atomic E-state index is 13.5. The number of oxime groups is 1. The van der Waals surface area contributed by atoms with Crippen molar-refractivity contribution in [3.05, 3.63) is 65.5 Å². The highest BCUT2D eigenvalue weighted by Gasteiger charge is 2.42. The fourth-order valence-corrected chi connectivity index (χ4v) is 3.10.